The van der Waals surface area contributed by atoms with E-state index in [1.807, 2.05) is 0 Å². The summed E-state index contributed by atoms with van der Waals surface area (Å²) in [6, 6.07) is 4.32. The molecule has 1 heterocycles. The van der Waals surface area contributed by atoms with Gasteiger partial charge in [-0.3, -0.25) is 0 Å². The number of aliphatic hydroxyl groups is 1. The number of nitrogens with zero attached hydrogens (tertiary/aromatic N) is 1. The Morgan fingerprint density at radius 1 is 1.50 bits per heavy atom. The van der Waals surface area contributed by atoms with E-state index in [9.17, 15) is 18.0 Å². The summed E-state index contributed by atoms with van der Waals surface area (Å²) in [5.74, 6) is 0.129. The molecule has 2 N–H and O–H groups in total. The fraction of sp³-hybridized carbons (Fsp3) is 0.500. The third kappa shape index (κ3) is 4.27. The smallest absolute Gasteiger partial charge is 0.416 e. The zero-order valence-corrected chi connectivity index (χ0v) is 11.9. The van der Waals surface area contributed by atoms with Crippen molar-refractivity contribution in [1.29, 1.82) is 0 Å². The van der Waals surface area contributed by atoms with Crippen molar-refractivity contribution in [3.05, 3.63) is 29.8 Å². The number of amides is 2. The van der Waals surface area contributed by atoms with Crippen molar-refractivity contribution < 1.29 is 27.8 Å². The van der Waals surface area contributed by atoms with Crippen LogP contribution < -0.4 is 10.1 Å². The van der Waals surface area contributed by atoms with E-state index < -0.39 is 17.8 Å². The Balaban J connectivity index is 1.82. The Morgan fingerprint density at radius 2 is 2.18 bits per heavy atom. The minimum absolute atomic E-state index is 0.129. The van der Waals surface area contributed by atoms with E-state index in [0.29, 0.717) is 13.1 Å². The molecule has 1 aromatic rings. The number of ether oxygens (including phenoxy) is 1. The molecule has 0 radical (unpaired) electrons. The molecule has 0 unspecified atom stereocenters. The van der Waals surface area contributed by atoms with Crippen LogP contribution in [-0.2, 0) is 6.18 Å². The number of carbonyl (C=O) groups is 1. The second-order valence-corrected chi connectivity index (χ2v) is 5.21. The van der Waals surface area contributed by atoms with Crippen molar-refractivity contribution >= 4 is 6.03 Å². The Morgan fingerprint density at radius 3 is 2.77 bits per heavy atom. The highest BCUT2D eigenvalue weighted by atomic mass is 19.4. The van der Waals surface area contributed by atoms with Gasteiger partial charge in [-0.05, 0) is 25.1 Å². The van der Waals surface area contributed by atoms with Crippen molar-refractivity contribution in [3.63, 3.8) is 0 Å². The molecule has 2 amide bonds. The predicted molar refractivity (Wildman–Crippen MR) is 72.5 cm³/mol. The lowest BCUT2D eigenvalue weighted by molar-refractivity contribution is -0.137. The lowest BCUT2D eigenvalue weighted by Gasteiger charge is -2.38. The third-order valence-electron chi connectivity index (χ3n) is 3.15. The topological polar surface area (TPSA) is 61.8 Å². The lowest BCUT2D eigenvalue weighted by Crippen LogP contribution is -2.59. The zero-order chi connectivity index (χ0) is 16.3. The molecule has 22 heavy (non-hydrogen) atoms. The van der Waals surface area contributed by atoms with Crippen LogP contribution in [0.3, 0.4) is 0 Å². The first-order valence-corrected chi connectivity index (χ1v) is 6.80. The van der Waals surface area contributed by atoms with E-state index in [0.717, 1.165) is 12.1 Å². The predicted octanol–water partition coefficient (Wildman–Crippen LogP) is 1.86. The van der Waals surface area contributed by atoms with Gasteiger partial charge in [0, 0.05) is 6.54 Å². The maximum absolute atomic E-state index is 12.6. The standard InChI is InChI=1S/C14H17F3N2O3/c1-9(20)6-18-13(21)19-7-12(8-19)22-11-4-2-3-10(5-11)14(15,16)17/h2-5,9,12,20H,6-8H2,1H3,(H,18,21)/t9-/m0/s1. The van der Waals surface area contributed by atoms with Crippen LogP contribution in [0.1, 0.15) is 12.5 Å². The Kier molecular flexibility index (Phi) is 4.80. The Labute approximate surface area is 125 Å². The quantitative estimate of drug-likeness (QED) is 0.891. The van der Waals surface area contributed by atoms with Gasteiger partial charge < -0.3 is 20.1 Å². The van der Waals surface area contributed by atoms with Crippen LogP contribution >= 0.6 is 0 Å². The maximum Gasteiger partial charge on any atom is 0.416 e. The van der Waals surface area contributed by atoms with Crippen molar-refractivity contribution in [2.45, 2.75) is 25.3 Å². The molecule has 0 saturated carbocycles. The van der Waals surface area contributed by atoms with Gasteiger partial charge in [0.1, 0.15) is 11.9 Å². The molecule has 0 spiro atoms. The normalized spacial score (nSPS) is 16.9. The van der Waals surface area contributed by atoms with Crippen molar-refractivity contribution in [1.82, 2.24) is 10.2 Å². The Hall–Kier alpha value is -1.96. The summed E-state index contributed by atoms with van der Waals surface area (Å²) in [6.45, 7) is 2.29. The summed E-state index contributed by atoms with van der Waals surface area (Å²) in [4.78, 5) is 13.1. The summed E-state index contributed by atoms with van der Waals surface area (Å²) in [7, 11) is 0. The van der Waals surface area contributed by atoms with Gasteiger partial charge in [-0.25, -0.2) is 4.79 Å². The second kappa shape index (κ2) is 6.43. The fourth-order valence-corrected chi connectivity index (χ4v) is 1.96. The summed E-state index contributed by atoms with van der Waals surface area (Å²) >= 11 is 0. The molecule has 1 aromatic carbocycles. The molecule has 8 heteroatoms. The summed E-state index contributed by atoms with van der Waals surface area (Å²) in [6.07, 6.45) is -5.38. The van der Waals surface area contributed by atoms with Gasteiger partial charge in [0.2, 0.25) is 0 Å². The molecule has 1 aliphatic rings. The summed E-state index contributed by atoms with van der Waals surface area (Å²) in [5.41, 5.74) is -0.768. The van der Waals surface area contributed by atoms with Crippen LogP contribution in [0.4, 0.5) is 18.0 Å². The number of likely N-dealkylation sites (tertiary alicyclic amines) is 1. The summed E-state index contributed by atoms with van der Waals surface area (Å²) < 4.78 is 43.2. The van der Waals surface area contributed by atoms with E-state index in [-0.39, 0.29) is 24.4 Å². The van der Waals surface area contributed by atoms with Gasteiger partial charge in [-0.15, -0.1) is 0 Å². The van der Waals surface area contributed by atoms with E-state index in [1.54, 1.807) is 6.92 Å². The average molecular weight is 318 g/mol. The van der Waals surface area contributed by atoms with Crippen LogP contribution in [0.25, 0.3) is 0 Å². The number of hydrogen-bond acceptors (Lipinski definition) is 3. The first-order valence-electron chi connectivity index (χ1n) is 6.80. The average Bonchev–Trinajstić information content (AvgIpc) is 2.39. The molecular weight excluding hydrogens is 301 g/mol. The molecule has 0 aliphatic carbocycles. The molecule has 2 rings (SSSR count). The van der Waals surface area contributed by atoms with Crippen LogP contribution in [0, 0.1) is 0 Å². The van der Waals surface area contributed by atoms with Crippen molar-refractivity contribution in [2.24, 2.45) is 0 Å². The minimum atomic E-state index is -4.41. The van der Waals surface area contributed by atoms with Crippen LogP contribution in [0.2, 0.25) is 0 Å². The fourth-order valence-electron chi connectivity index (χ4n) is 1.96. The highest BCUT2D eigenvalue weighted by Crippen LogP contribution is 2.31. The van der Waals surface area contributed by atoms with Crippen molar-refractivity contribution in [2.75, 3.05) is 19.6 Å². The molecular formula is C14H17F3N2O3. The molecule has 0 bridgehead atoms. The first-order chi connectivity index (χ1) is 10.3. The number of nitrogens with one attached hydrogen (secondary N) is 1. The Bertz CT molecular complexity index is 528. The van der Waals surface area contributed by atoms with Crippen LogP contribution in [0.15, 0.2) is 24.3 Å². The number of benzene rings is 1. The highest BCUT2D eigenvalue weighted by Gasteiger charge is 2.34. The number of rotatable bonds is 4. The maximum atomic E-state index is 12.6. The van der Waals surface area contributed by atoms with Crippen LogP contribution in [0.5, 0.6) is 5.75 Å². The highest BCUT2D eigenvalue weighted by molar-refractivity contribution is 5.75. The van der Waals surface area contributed by atoms with Gasteiger partial charge in [-0.1, -0.05) is 6.07 Å². The number of aliphatic hydroxyl groups excluding tert-OH is 1. The van der Waals surface area contributed by atoms with E-state index in [2.05, 4.69) is 5.32 Å². The number of halogens is 3. The van der Waals surface area contributed by atoms with Gasteiger partial charge in [0.25, 0.3) is 0 Å². The van der Waals surface area contributed by atoms with Crippen LogP contribution in [-0.4, -0.2) is 47.9 Å². The molecule has 122 valence electrons. The number of urea groups is 1. The van der Waals surface area contributed by atoms with E-state index >= 15 is 0 Å². The largest absolute Gasteiger partial charge is 0.487 e. The molecule has 0 aromatic heterocycles. The van der Waals surface area contributed by atoms with Gasteiger partial charge in [0.15, 0.2) is 0 Å². The molecule has 1 atom stereocenters. The summed E-state index contributed by atoms with van der Waals surface area (Å²) in [5, 5.41) is 11.6. The third-order valence-corrected chi connectivity index (χ3v) is 3.15. The SMILES string of the molecule is C[C@H](O)CNC(=O)N1CC(Oc2cccc(C(F)(F)F)c2)C1. The van der Waals surface area contributed by atoms with Gasteiger partial charge in [-0.2, -0.15) is 13.2 Å². The van der Waals surface area contributed by atoms with E-state index in [4.69, 9.17) is 9.84 Å². The monoisotopic (exact) mass is 318 g/mol. The molecule has 1 saturated heterocycles. The molecule has 5 nitrogen and oxygen atoms in total. The number of alkyl halides is 3. The van der Waals surface area contributed by atoms with Crippen molar-refractivity contribution in [3.8, 4) is 5.75 Å². The minimum Gasteiger partial charge on any atom is -0.487 e. The van der Waals surface area contributed by atoms with E-state index in [1.165, 1.54) is 17.0 Å². The molecule has 1 fully saturated rings. The number of carbonyl (C=O) groups excluding carboxylic acids is 1. The molecule has 1 aliphatic heterocycles. The number of hydrogen-bond donors (Lipinski definition) is 2. The first kappa shape index (κ1) is 16.4. The second-order valence-electron chi connectivity index (χ2n) is 5.21. The lowest BCUT2D eigenvalue weighted by atomic mass is 10.1. The van der Waals surface area contributed by atoms with Gasteiger partial charge >= 0.3 is 12.2 Å². The zero-order valence-electron chi connectivity index (χ0n) is 11.9. The van der Waals surface area contributed by atoms with Gasteiger partial charge in [0.05, 0.1) is 24.8 Å².